The summed E-state index contributed by atoms with van der Waals surface area (Å²) in [5.74, 6) is 0.185. The maximum atomic E-state index is 12.4. The Morgan fingerprint density at radius 2 is 1.90 bits per heavy atom. The van der Waals surface area contributed by atoms with Crippen LogP contribution in [0.5, 0.6) is 0 Å². The standard InChI is InChI=1S/C14H15N5O/c20-14(13-9-16-4-6-18-13)19-7-1-2-11(10-19)12-8-15-3-5-17-12/h3-6,8-9,11H,1-2,7,10H2/t11-/m1/s1. The van der Waals surface area contributed by atoms with Crippen molar-refractivity contribution in [1.82, 2.24) is 24.8 Å². The highest BCUT2D eigenvalue weighted by molar-refractivity contribution is 5.92. The number of rotatable bonds is 2. The van der Waals surface area contributed by atoms with Gasteiger partial charge in [-0.15, -0.1) is 0 Å². The van der Waals surface area contributed by atoms with Gasteiger partial charge in [-0.3, -0.25) is 19.7 Å². The van der Waals surface area contributed by atoms with Gasteiger partial charge in [0.1, 0.15) is 5.69 Å². The number of nitrogens with zero attached hydrogens (tertiary/aromatic N) is 5. The van der Waals surface area contributed by atoms with Crippen LogP contribution in [0.3, 0.4) is 0 Å². The Balaban J connectivity index is 1.74. The molecule has 0 aromatic carbocycles. The second kappa shape index (κ2) is 5.73. The van der Waals surface area contributed by atoms with Crippen LogP contribution in [0.15, 0.2) is 37.2 Å². The number of carbonyl (C=O) groups excluding carboxylic acids is 1. The Morgan fingerprint density at radius 3 is 2.60 bits per heavy atom. The molecule has 0 radical (unpaired) electrons. The predicted octanol–water partition coefficient (Wildman–Crippen LogP) is 1.29. The first-order chi connectivity index (χ1) is 9.84. The van der Waals surface area contributed by atoms with E-state index in [0.717, 1.165) is 25.1 Å². The molecule has 1 amide bonds. The number of carbonyl (C=O) groups is 1. The fourth-order valence-corrected chi connectivity index (χ4v) is 2.50. The van der Waals surface area contributed by atoms with Crippen molar-refractivity contribution in [3.63, 3.8) is 0 Å². The number of hydrogen-bond acceptors (Lipinski definition) is 5. The molecule has 102 valence electrons. The molecule has 2 aromatic rings. The molecule has 3 rings (SSSR count). The number of likely N-dealkylation sites (tertiary alicyclic amines) is 1. The Hall–Kier alpha value is -2.37. The van der Waals surface area contributed by atoms with Gasteiger partial charge >= 0.3 is 0 Å². The van der Waals surface area contributed by atoms with Crippen LogP contribution in [0.1, 0.15) is 34.9 Å². The summed E-state index contributed by atoms with van der Waals surface area (Å²) in [6, 6.07) is 0. The van der Waals surface area contributed by atoms with Crippen molar-refractivity contribution < 1.29 is 4.79 Å². The van der Waals surface area contributed by atoms with Gasteiger partial charge in [-0.2, -0.15) is 0 Å². The maximum absolute atomic E-state index is 12.4. The maximum Gasteiger partial charge on any atom is 0.274 e. The summed E-state index contributed by atoms with van der Waals surface area (Å²) in [5, 5.41) is 0. The summed E-state index contributed by atoms with van der Waals surface area (Å²) >= 11 is 0. The topological polar surface area (TPSA) is 71.9 Å². The van der Waals surface area contributed by atoms with Gasteiger partial charge in [0.25, 0.3) is 5.91 Å². The van der Waals surface area contributed by atoms with E-state index in [2.05, 4.69) is 19.9 Å². The fraction of sp³-hybridized carbons (Fsp3) is 0.357. The quantitative estimate of drug-likeness (QED) is 0.821. The molecule has 20 heavy (non-hydrogen) atoms. The molecule has 0 N–H and O–H groups in total. The van der Waals surface area contributed by atoms with E-state index in [4.69, 9.17) is 0 Å². The lowest BCUT2D eigenvalue weighted by Gasteiger charge is -2.32. The summed E-state index contributed by atoms with van der Waals surface area (Å²) < 4.78 is 0. The van der Waals surface area contributed by atoms with Crippen LogP contribution in [0, 0.1) is 0 Å². The van der Waals surface area contributed by atoms with Gasteiger partial charge in [-0.05, 0) is 12.8 Å². The molecule has 0 bridgehead atoms. The first-order valence-corrected chi connectivity index (χ1v) is 6.66. The first kappa shape index (κ1) is 12.7. The summed E-state index contributed by atoms with van der Waals surface area (Å²) in [7, 11) is 0. The third-order valence-corrected chi connectivity index (χ3v) is 3.49. The second-order valence-electron chi connectivity index (χ2n) is 4.81. The van der Waals surface area contributed by atoms with Gasteiger partial charge in [0, 0.05) is 50.0 Å². The van der Waals surface area contributed by atoms with E-state index in [1.165, 1.54) is 12.4 Å². The zero-order chi connectivity index (χ0) is 13.8. The molecule has 1 atom stereocenters. The lowest BCUT2D eigenvalue weighted by Crippen LogP contribution is -2.39. The Bertz CT molecular complexity index is 575. The van der Waals surface area contributed by atoms with E-state index in [0.29, 0.717) is 12.2 Å². The minimum Gasteiger partial charge on any atom is -0.337 e. The van der Waals surface area contributed by atoms with Crippen molar-refractivity contribution in [1.29, 1.82) is 0 Å². The van der Waals surface area contributed by atoms with Crippen molar-refractivity contribution in [2.24, 2.45) is 0 Å². The number of amides is 1. The number of hydrogen-bond donors (Lipinski definition) is 0. The molecule has 1 fully saturated rings. The van der Waals surface area contributed by atoms with E-state index in [1.807, 2.05) is 4.90 Å². The molecular formula is C14H15N5O. The van der Waals surface area contributed by atoms with Crippen molar-refractivity contribution in [3.05, 3.63) is 48.6 Å². The summed E-state index contributed by atoms with van der Waals surface area (Å²) in [6.07, 6.45) is 11.7. The predicted molar refractivity (Wildman–Crippen MR) is 71.9 cm³/mol. The van der Waals surface area contributed by atoms with Crippen LogP contribution in [0.25, 0.3) is 0 Å². The molecule has 2 aromatic heterocycles. The highest BCUT2D eigenvalue weighted by Crippen LogP contribution is 2.25. The average molecular weight is 269 g/mol. The Kier molecular flexibility index (Phi) is 3.62. The molecule has 3 heterocycles. The van der Waals surface area contributed by atoms with E-state index >= 15 is 0 Å². The molecule has 0 spiro atoms. The van der Waals surface area contributed by atoms with Gasteiger partial charge in [0.15, 0.2) is 0 Å². The van der Waals surface area contributed by atoms with E-state index in [9.17, 15) is 4.79 Å². The smallest absolute Gasteiger partial charge is 0.274 e. The monoisotopic (exact) mass is 269 g/mol. The molecule has 1 aliphatic heterocycles. The van der Waals surface area contributed by atoms with Crippen molar-refractivity contribution in [3.8, 4) is 0 Å². The van der Waals surface area contributed by atoms with Gasteiger partial charge in [0.05, 0.1) is 11.9 Å². The average Bonchev–Trinajstić information content (AvgIpc) is 2.56. The number of piperidine rings is 1. The Morgan fingerprint density at radius 1 is 1.10 bits per heavy atom. The van der Waals surface area contributed by atoms with Crippen LogP contribution in [-0.4, -0.2) is 43.8 Å². The van der Waals surface area contributed by atoms with Crippen molar-refractivity contribution in [2.45, 2.75) is 18.8 Å². The van der Waals surface area contributed by atoms with Crippen LogP contribution < -0.4 is 0 Å². The van der Waals surface area contributed by atoms with Crippen molar-refractivity contribution >= 4 is 5.91 Å². The molecule has 0 aliphatic carbocycles. The zero-order valence-corrected chi connectivity index (χ0v) is 11.0. The van der Waals surface area contributed by atoms with Crippen LogP contribution >= 0.6 is 0 Å². The van der Waals surface area contributed by atoms with E-state index < -0.39 is 0 Å². The van der Waals surface area contributed by atoms with Gasteiger partial charge in [-0.1, -0.05) is 0 Å². The summed E-state index contributed by atoms with van der Waals surface area (Å²) in [4.78, 5) is 30.6. The van der Waals surface area contributed by atoms with Gasteiger partial charge < -0.3 is 4.90 Å². The molecule has 0 saturated carbocycles. The minimum absolute atomic E-state index is 0.0632. The fourth-order valence-electron chi connectivity index (χ4n) is 2.50. The molecule has 1 aliphatic rings. The van der Waals surface area contributed by atoms with Crippen LogP contribution in [-0.2, 0) is 0 Å². The first-order valence-electron chi connectivity index (χ1n) is 6.66. The molecule has 6 heteroatoms. The SMILES string of the molecule is O=C(c1cnccn1)N1CCC[C@@H](c2cnccn2)C1. The second-order valence-corrected chi connectivity index (χ2v) is 4.81. The van der Waals surface area contributed by atoms with Crippen molar-refractivity contribution in [2.75, 3.05) is 13.1 Å². The normalized spacial score (nSPS) is 18.8. The van der Waals surface area contributed by atoms with E-state index in [1.54, 1.807) is 24.8 Å². The van der Waals surface area contributed by atoms with Crippen LogP contribution in [0.2, 0.25) is 0 Å². The Labute approximate surface area is 116 Å². The lowest BCUT2D eigenvalue weighted by atomic mass is 9.95. The molecule has 1 saturated heterocycles. The van der Waals surface area contributed by atoms with Gasteiger partial charge in [-0.25, -0.2) is 4.98 Å². The highest BCUT2D eigenvalue weighted by Gasteiger charge is 2.26. The lowest BCUT2D eigenvalue weighted by molar-refractivity contribution is 0.0699. The van der Waals surface area contributed by atoms with Gasteiger partial charge in [0.2, 0.25) is 0 Å². The third kappa shape index (κ3) is 2.64. The molecular weight excluding hydrogens is 254 g/mol. The van der Waals surface area contributed by atoms with Crippen LogP contribution in [0.4, 0.5) is 0 Å². The summed E-state index contributed by atoms with van der Waals surface area (Å²) in [6.45, 7) is 1.42. The van der Waals surface area contributed by atoms with E-state index in [-0.39, 0.29) is 11.8 Å². The number of aromatic nitrogens is 4. The summed E-state index contributed by atoms with van der Waals surface area (Å²) in [5.41, 5.74) is 1.34. The highest BCUT2D eigenvalue weighted by atomic mass is 16.2. The molecule has 0 unspecified atom stereocenters. The largest absolute Gasteiger partial charge is 0.337 e. The molecule has 6 nitrogen and oxygen atoms in total. The minimum atomic E-state index is -0.0632. The third-order valence-electron chi connectivity index (χ3n) is 3.49. The zero-order valence-electron chi connectivity index (χ0n) is 11.0.